The standard InChI is InChI=1S/2C16H12N2O3.C16H14N2O2.C16H14N2O.C13H8ClNO3.C7H3Cl2NO3.C6H6.C2H8N2/c2*19-14-8-12-6-7-13(18(20)21)9-15(12)16(17-10-14)11-4-2-1-3-5-11;19-18(20)14-9-8-12-7-4-10-17-16(15(12)11-14)13-5-2-1-3-6-13;17-13-7-6-12-8-14(19)10-18-16(15(12)9-13)11-4-2-1-3-5-11;14-12-7-6-10(15(17)18)8-11(12)13(16)9-4-2-1-3-5-9;8-6-2-1-4(10(12)13)3-5(6)7(9)11;1-2-4-6-5-3-1;3-1-2-4/h2*1-7,9H,8,10H2;1-3,5-6,8-9,11H,4,7,10H2;1-7,9H,8,10,17H2;1-8H;1-3H;1-6H;1-4H2/i2*1+1,2+1,3+1,4+1,5+1,11+1;1+1,2+1,3+1,5+1,6+1,13+1;1+1,2+1,3+1,4+1,5+1,11+1;1+1,2+1,3+1,4+1,5+1,9+1;;1+1,2+1,3+1,4+1,5+1,6+1;. The summed E-state index contributed by atoms with van der Waals surface area (Å²) in [6.45, 7) is 2.39. The Bertz CT molecular complexity index is 5770. The summed E-state index contributed by atoms with van der Waals surface area (Å²) in [6, 6.07) is 86.3. The van der Waals surface area contributed by atoms with Crippen molar-refractivity contribution in [1.29, 1.82) is 0 Å². The second kappa shape index (κ2) is 45.8. The molecule has 0 fully saturated rings. The van der Waals surface area contributed by atoms with Crippen LogP contribution in [0.5, 0.6) is 0 Å². The van der Waals surface area contributed by atoms with Crippen LogP contribution in [0.25, 0.3) is 0 Å². The van der Waals surface area contributed by atoms with E-state index in [1.54, 1.807) is 54.6 Å². The average molecular weight is 1730 g/mol. The maximum atomic E-state index is 12.1. The smallest absolute Gasteiger partial charge is 0.270 e. The number of nitro benzene ring substituents is 5. The summed E-state index contributed by atoms with van der Waals surface area (Å²) in [4.78, 5) is 128. The fourth-order valence-electron chi connectivity index (χ4n) is 12.4. The summed E-state index contributed by atoms with van der Waals surface area (Å²) in [5.41, 5.74) is 30.3. The first-order valence-corrected chi connectivity index (χ1v) is 38.7. The van der Waals surface area contributed by atoms with E-state index in [1.165, 1.54) is 54.6 Å². The maximum Gasteiger partial charge on any atom is 0.270 e. The van der Waals surface area contributed by atoms with Crippen molar-refractivity contribution in [2.45, 2.75) is 32.1 Å². The molecule has 0 aliphatic carbocycles. The van der Waals surface area contributed by atoms with E-state index in [9.17, 15) is 74.5 Å². The molecule has 4 aliphatic heterocycles. The fraction of sp³-hybridized carbons (Fsp3) is 0.120. The first kappa shape index (κ1) is 91.2. The number of ketones is 4. The van der Waals surface area contributed by atoms with Crippen molar-refractivity contribution in [1.82, 2.24) is 0 Å². The van der Waals surface area contributed by atoms with Gasteiger partial charge in [-0.2, -0.15) is 0 Å². The number of hydrogen-bond donors (Lipinski definition) is 3. The van der Waals surface area contributed by atoms with Crippen LogP contribution in [0.4, 0.5) is 34.1 Å². The van der Waals surface area contributed by atoms with Crippen molar-refractivity contribution in [2.75, 3.05) is 45.0 Å². The molecule has 616 valence electrons. The molecule has 4 aliphatic rings. The summed E-state index contributed by atoms with van der Waals surface area (Å²) in [5.74, 6) is -0.173. The molecule has 0 bridgehead atoms. The molecule has 0 saturated carbocycles. The Morgan fingerprint density at radius 2 is 0.623 bits per heavy atom. The molecule has 0 saturated heterocycles. The van der Waals surface area contributed by atoms with Gasteiger partial charge in [0.1, 0.15) is 0 Å². The molecule has 0 aromatic heterocycles. The van der Waals surface area contributed by atoms with E-state index < -0.39 is 24.9 Å². The third-order valence-corrected chi connectivity index (χ3v) is 19.0. The van der Waals surface area contributed by atoms with Gasteiger partial charge in [0, 0.05) is 161 Å². The molecule has 6 N–H and O–H groups in total. The van der Waals surface area contributed by atoms with Crippen LogP contribution in [0.3, 0.4) is 0 Å². The van der Waals surface area contributed by atoms with Crippen LogP contribution in [0.2, 0.25) is 10.0 Å². The number of aryl methyl sites for hydroxylation is 1. The number of fused-ring (bicyclic) bond motifs is 4. The van der Waals surface area contributed by atoms with Gasteiger partial charge >= 0.3 is 0 Å². The molecule has 0 atom stereocenters. The lowest BCUT2D eigenvalue weighted by Crippen LogP contribution is -2.11. The summed E-state index contributed by atoms with van der Waals surface area (Å²) < 4.78 is 0. The molecule has 122 heavy (non-hydrogen) atoms. The number of aliphatic imine (C=N–C) groups is 4. The van der Waals surface area contributed by atoms with Crippen LogP contribution in [0, 0.1) is 50.6 Å². The van der Waals surface area contributed by atoms with Gasteiger partial charge in [-0.3, -0.25) is 94.5 Å². The second-order valence-electron chi connectivity index (χ2n) is 26.7. The van der Waals surface area contributed by atoms with Gasteiger partial charge in [0.25, 0.3) is 33.7 Å². The topological polar surface area (TPSA) is 429 Å². The number of carbonyl (C=O) groups is 5. The number of carbonyl (C=O) groups excluding carboxylic acids is 5. The average Bonchev–Trinajstić information content (AvgIpc) is 1.59. The predicted octanol–water partition coefficient (Wildman–Crippen LogP) is 17.4. The minimum atomic E-state index is -0.811. The zero-order valence-corrected chi connectivity index (χ0v) is 67.4. The van der Waals surface area contributed by atoms with E-state index in [2.05, 4.69) is 20.0 Å². The monoisotopic (exact) mass is 1730 g/mol. The molecule has 27 nitrogen and oxygen atoms in total. The molecular weight excluding hydrogens is 1660 g/mol. The first-order chi connectivity index (χ1) is 58.8. The summed E-state index contributed by atoms with van der Waals surface area (Å²) in [6.07, 6.45) is 2.82. The van der Waals surface area contributed by atoms with E-state index in [1.807, 2.05) is 182 Å². The molecule has 0 amide bonds. The first-order valence-electron chi connectivity index (χ1n) is 37.6. The highest BCUT2D eigenvalue weighted by molar-refractivity contribution is 6.68. The van der Waals surface area contributed by atoms with Crippen molar-refractivity contribution in [3.63, 3.8) is 0 Å². The van der Waals surface area contributed by atoms with Crippen molar-refractivity contribution in [2.24, 2.45) is 31.4 Å². The number of Topliss-reactive ketones (excluding diaryl/α,β-unsaturated/α-hetero) is 3. The lowest BCUT2D eigenvalue weighted by molar-refractivity contribution is -0.385. The van der Waals surface area contributed by atoms with Crippen LogP contribution in [0.15, 0.2) is 317 Å². The van der Waals surface area contributed by atoms with Gasteiger partial charge < -0.3 is 17.2 Å². The zero-order chi connectivity index (χ0) is 87.6. The molecular formula is C92H77Cl3N12O15. The number of non-ortho nitro benzene ring substituents is 5. The van der Waals surface area contributed by atoms with Crippen molar-refractivity contribution in [3.8, 4) is 0 Å². The summed E-state index contributed by atoms with van der Waals surface area (Å²) >= 11 is 16.6. The second-order valence-corrected chi connectivity index (χ2v) is 27.9. The van der Waals surface area contributed by atoms with Gasteiger partial charge in [-0.05, 0) is 71.0 Å². The van der Waals surface area contributed by atoms with Crippen molar-refractivity contribution in [3.05, 3.63) is 441 Å². The van der Waals surface area contributed by atoms with E-state index in [4.69, 9.17) is 52.0 Å². The van der Waals surface area contributed by atoms with Crippen LogP contribution in [-0.2, 0) is 40.1 Å². The Balaban J connectivity index is 0.000000163. The highest BCUT2D eigenvalue weighted by atomic mass is 35.5. The largest absolute Gasteiger partial charge is 0.399 e. The Kier molecular flexibility index (Phi) is 34.3. The Morgan fingerprint density at radius 1 is 0.344 bits per heavy atom. The number of nitrogens with two attached hydrogens (primary N) is 3. The van der Waals surface area contributed by atoms with Crippen LogP contribution >= 0.6 is 34.8 Å². The summed E-state index contributed by atoms with van der Waals surface area (Å²) in [7, 11) is 0. The van der Waals surface area contributed by atoms with Gasteiger partial charge in [-0.15, -0.1) is 0 Å². The summed E-state index contributed by atoms with van der Waals surface area (Å²) in [5, 5.41) is 53.4. The van der Waals surface area contributed by atoms with Crippen molar-refractivity contribution < 1.29 is 48.6 Å². The third kappa shape index (κ3) is 26.4. The molecule has 12 aromatic carbocycles. The fourth-order valence-corrected chi connectivity index (χ4v) is 13.0. The highest BCUT2D eigenvalue weighted by Crippen LogP contribution is 2.31. The van der Waals surface area contributed by atoms with Gasteiger partial charge in [0.15, 0.2) is 23.1 Å². The lowest BCUT2D eigenvalue weighted by Gasteiger charge is -2.10. The van der Waals surface area contributed by atoms with E-state index in [0.717, 1.165) is 92.5 Å². The number of anilines is 1. The SMILES string of the molecule is NCCN.Nc1ccc2c(c1)C([13c]1[13cH][13cH][13cH][13cH][13cH]1)=NCC(=O)C2.O=C(Cl)c1cc([N+](=O)[O-])ccc1Cl.O=C(c1cc([N+](=O)[O-])ccc1Cl)[13c]1[13cH][13cH][13cH][13cH][13cH]1.O=C1CN=C([13c]2[13cH][13cH][13cH][13cH][13cH]2)c2cc([N+](=O)[O-])ccc2C1.O=C1CN=C([13c]2[13cH][13cH][13cH][13cH][13cH]2)c2cc([N+](=O)[O-])ccc2C1.O=[N+]([O-])c1ccc2c(c1)C([13c]1[13cH][13cH][13cH][13cH][13cH]1)=NCCC2.[13cH]1[13cH][13cH][13cH][13cH][13cH]1. The van der Waals surface area contributed by atoms with Gasteiger partial charge in [-0.1, -0.05) is 236 Å². The van der Waals surface area contributed by atoms with Crippen LogP contribution in [-0.4, -0.2) is 115 Å². The number of nitrogen functional groups attached to an aromatic ring is 1. The van der Waals surface area contributed by atoms with Gasteiger partial charge in [0.05, 0.1) is 82.7 Å². The molecule has 16 rings (SSSR count). The van der Waals surface area contributed by atoms with Crippen molar-refractivity contribution >= 4 is 120 Å². The maximum absolute atomic E-state index is 12.1. The Morgan fingerprint density at radius 3 is 0.967 bits per heavy atom. The van der Waals surface area contributed by atoms with E-state index in [-0.39, 0.29) is 110 Å². The molecule has 0 spiro atoms. The number of nitrogens with zero attached hydrogens (tertiary/aromatic N) is 9. The van der Waals surface area contributed by atoms with Gasteiger partial charge in [0.2, 0.25) is 0 Å². The zero-order valence-electron chi connectivity index (χ0n) is 65.1. The predicted molar refractivity (Wildman–Crippen MR) is 473 cm³/mol. The highest BCUT2D eigenvalue weighted by Gasteiger charge is 2.26. The van der Waals surface area contributed by atoms with Gasteiger partial charge in [-0.25, -0.2) is 0 Å². The normalized spacial score (nSPS) is 12.6. The lowest BCUT2D eigenvalue weighted by atomic mass is 10.0. The van der Waals surface area contributed by atoms with Crippen LogP contribution < -0.4 is 17.2 Å². The number of nitro groups is 5. The Labute approximate surface area is 714 Å². The number of hydrogen-bond acceptors (Lipinski definition) is 22. The number of halogens is 3. The molecule has 12 aromatic rings. The quantitative estimate of drug-likeness (QED) is 0.0317. The minimum absolute atomic E-state index is 0.00623. The molecule has 0 unspecified atom stereocenters. The molecule has 4 heterocycles. The number of benzene rings is 12. The number of rotatable bonds is 13. The minimum Gasteiger partial charge on any atom is -0.399 e. The van der Waals surface area contributed by atoms with E-state index in [0.29, 0.717) is 53.3 Å². The third-order valence-electron chi connectivity index (χ3n) is 18.2. The van der Waals surface area contributed by atoms with E-state index >= 15 is 0 Å². The van der Waals surface area contributed by atoms with Crippen LogP contribution in [0.1, 0.15) is 99.5 Å². The Hall–Kier alpha value is -14.7. The molecule has 30 heteroatoms. The molecule has 0 radical (unpaired) electrons.